The predicted molar refractivity (Wildman–Crippen MR) is 183 cm³/mol. The first kappa shape index (κ1) is 29.8. The molecule has 6 heteroatoms. The van der Waals surface area contributed by atoms with Gasteiger partial charge in [-0.2, -0.15) is 0 Å². The van der Waals surface area contributed by atoms with Crippen LogP contribution in [-0.4, -0.2) is 47.8 Å². The second-order valence-electron chi connectivity index (χ2n) is 10.9. The molecule has 0 aliphatic carbocycles. The average Bonchev–Trinajstić information content (AvgIpc) is 3.51. The Morgan fingerprint density at radius 3 is 1.59 bits per heavy atom. The Labute approximate surface area is 261 Å². The molecule has 2 atom stereocenters. The first-order chi connectivity index (χ1) is 21.7. The van der Waals surface area contributed by atoms with Gasteiger partial charge in [0.1, 0.15) is 0 Å². The van der Waals surface area contributed by atoms with Crippen LogP contribution >= 0.6 is 15.8 Å². The number of nitrogens with zero attached hydrogens (tertiary/aromatic N) is 1. The predicted octanol–water partition coefficient (Wildman–Crippen LogP) is 6.16. The van der Waals surface area contributed by atoms with Crippen LogP contribution in [0.15, 0.2) is 140 Å². The average molecular weight is 614 g/mol. The molecule has 0 spiro atoms. The molecule has 0 radical (unpaired) electrons. The van der Waals surface area contributed by atoms with Gasteiger partial charge in [-0.25, -0.2) is 0 Å². The van der Waals surface area contributed by atoms with E-state index in [0.717, 1.165) is 12.6 Å². The molecule has 6 rings (SSSR count). The normalized spacial score (nSPS) is 16.3. The third-order valence-corrected chi connectivity index (χ3v) is 13.6. The van der Waals surface area contributed by atoms with E-state index in [1.165, 1.54) is 21.2 Å². The van der Waals surface area contributed by atoms with Gasteiger partial charge in [0.2, 0.25) is 0 Å². The number of amides is 1. The van der Waals surface area contributed by atoms with Crippen molar-refractivity contribution in [1.29, 1.82) is 0 Å². The molecule has 4 nitrogen and oxygen atoms in total. The highest BCUT2D eigenvalue weighted by molar-refractivity contribution is 7.74. The number of hydrogen-bond acceptors (Lipinski definition) is 3. The van der Waals surface area contributed by atoms with Crippen LogP contribution in [-0.2, 0) is 0 Å². The van der Waals surface area contributed by atoms with Crippen molar-refractivity contribution in [2.75, 3.05) is 12.7 Å². The molecule has 0 N–H and O–H groups in total. The lowest BCUT2D eigenvalue weighted by atomic mass is 10.0. The number of aldehydes is 2. The van der Waals surface area contributed by atoms with Gasteiger partial charge in [-0.1, -0.05) is 127 Å². The van der Waals surface area contributed by atoms with E-state index in [1.807, 2.05) is 12.1 Å². The topological polar surface area (TPSA) is 54.5 Å². The summed E-state index contributed by atoms with van der Waals surface area (Å²) in [6.45, 7) is 0.623. The number of likely N-dealkylation sites (tertiary alicyclic amines) is 1. The Bertz CT molecular complexity index is 1640. The Morgan fingerprint density at radius 1 is 0.636 bits per heavy atom. The lowest BCUT2D eigenvalue weighted by molar-refractivity contribution is 0.0749. The largest absolute Gasteiger partial charge is 0.335 e. The summed E-state index contributed by atoms with van der Waals surface area (Å²) in [5, 5.41) is 5.19. The second-order valence-corrected chi connectivity index (χ2v) is 15.7. The maximum atomic E-state index is 14.4. The molecule has 1 fully saturated rings. The maximum absolute atomic E-state index is 14.4. The summed E-state index contributed by atoms with van der Waals surface area (Å²) in [6, 6.07) is 47.4. The highest BCUT2D eigenvalue weighted by atomic mass is 31.1. The quantitative estimate of drug-likeness (QED) is 0.140. The van der Waals surface area contributed by atoms with Crippen molar-refractivity contribution in [3.63, 3.8) is 0 Å². The van der Waals surface area contributed by atoms with Crippen LogP contribution in [0.3, 0.4) is 0 Å². The zero-order valence-corrected chi connectivity index (χ0v) is 26.1. The van der Waals surface area contributed by atoms with Gasteiger partial charge in [-0.3, -0.25) is 14.4 Å². The summed E-state index contributed by atoms with van der Waals surface area (Å²) < 4.78 is 0. The van der Waals surface area contributed by atoms with Crippen LogP contribution in [0.5, 0.6) is 0 Å². The van der Waals surface area contributed by atoms with E-state index in [4.69, 9.17) is 0 Å². The van der Waals surface area contributed by atoms with Crippen molar-refractivity contribution in [3.05, 3.63) is 156 Å². The van der Waals surface area contributed by atoms with Gasteiger partial charge < -0.3 is 4.90 Å². The van der Waals surface area contributed by atoms with Crippen LogP contribution in [0.4, 0.5) is 0 Å². The molecular formula is C38H33NO3P2. The fourth-order valence-corrected chi connectivity index (χ4v) is 11.6. The van der Waals surface area contributed by atoms with E-state index in [0.29, 0.717) is 30.2 Å². The molecule has 0 aromatic heterocycles. The summed E-state index contributed by atoms with van der Waals surface area (Å²) in [5.41, 5.74) is 1.23. The molecule has 5 aromatic carbocycles. The van der Waals surface area contributed by atoms with Gasteiger partial charge in [0.25, 0.3) is 5.91 Å². The Hall–Kier alpha value is -4.23. The van der Waals surface area contributed by atoms with Crippen molar-refractivity contribution in [1.82, 2.24) is 4.90 Å². The van der Waals surface area contributed by atoms with E-state index in [-0.39, 0.29) is 23.2 Å². The molecule has 0 bridgehead atoms. The number of carbonyl (C=O) groups is 3. The Balaban J connectivity index is 1.41. The lowest BCUT2D eigenvalue weighted by Crippen LogP contribution is -2.39. The molecular weight excluding hydrogens is 580 g/mol. The van der Waals surface area contributed by atoms with Crippen molar-refractivity contribution in [2.24, 2.45) is 0 Å². The SMILES string of the molecule is O=Cc1ccc(C(=O)N2CC(P(c3ccccc3)c3ccccc3)CC2CP(c2ccccc2)c2ccccc2)cc1C=O. The fourth-order valence-electron chi connectivity index (χ4n) is 6.12. The van der Waals surface area contributed by atoms with Crippen molar-refractivity contribution in [3.8, 4) is 0 Å². The Morgan fingerprint density at radius 2 is 1.11 bits per heavy atom. The summed E-state index contributed by atoms with van der Waals surface area (Å²) in [5.74, 6) is -0.0924. The highest BCUT2D eigenvalue weighted by Gasteiger charge is 2.41. The summed E-state index contributed by atoms with van der Waals surface area (Å²) in [6.07, 6.45) is 3.03. The molecule has 1 saturated heterocycles. The van der Waals surface area contributed by atoms with Gasteiger partial charge in [-0.15, -0.1) is 0 Å². The van der Waals surface area contributed by atoms with E-state index >= 15 is 0 Å². The van der Waals surface area contributed by atoms with Crippen molar-refractivity contribution >= 4 is 55.5 Å². The van der Waals surface area contributed by atoms with Gasteiger partial charge in [-0.05, 0) is 61.8 Å². The van der Waals surface area contributed by atoms with Crippen LogP contribution in [0.2, 0.25) is 0 Å². The van der Waals surface area contributed by atoms with Crippen LogP contribution in [0.1, 0.15) is 37.5 Å². The maximum Gasteiger partial charge on any atom is 0.254 e. The number of hydrogen-bond donors (Lipinski definition) is 0. The highest BCUT2D eigenvalue weighted by Crippen LogP contribution is 2.48. The van der Waals surface area contributed by atoms with Crippen LogP contribution in [0, 0.1) is 0 Å². The smallest absolute Gasteiger partial charge is 0.254 e. The molecule has 0 saturated carbocycles. The third-order valence-electron chi connectivity index (χ3n) is 8.20. The minimum Gasteiger partial charge on any atom is -0.335 e. The molecule has 2 unspecified atom stereocenters. The molecule has 1 amide bonds. The van der Waals surface area contributed by atoms with Crippen molar-refractivity contribution in [2.45, 2.75) is 18.1 Å². The van der Waals surface area contributed by atoms with Gasteiger partial charge in [0.05, 0.1) is 0 Å². The molecule has 5 aromatic rings. The summed E-state index contributed by atoms with van der Waals surface area (Å²) >= 11 is 0. The first-order valence-corrected chi connectivity index (χ1v) is 17.7. The lowest BCUT2D eigenvalue weighted by Gasteiger charge is -2.29. The van der Waals surface area contributed by atoms with E-state index < -0.39 is 15.8 Å². The minimum absolute atomic E-state index is 0.00174. The molecule has 44 heavy (non-hydrogen) atoms. The third kappa shape index (κ3) is 6.48. The standard InChI is InChI=1S/C38H33NO3P2/c40-26-30-22-21-29(23-31(30)27-41)38(42)39-25-37(44(35-17-9-3-10-18-35)36-19-11-4-12-20-36)24-32(39)28-43(33-13-5-1-6-14-33)34-15-7-2-8-16-34/h1-23,26-27,32,37H,24-25,28H2. The van der Waals surface area contributed by atoms with E-state index in [9.17, 15) is 14.4 Å². The second kappa shape index (κ2) is 14.0. The zero-order chi connectivity index (χ0) is 30.3. The molecule has 1 aliphatic heterocycles. The van der Waals surface area contributed by atoms with Gasteiger partial charge in [0.15, 0.2) is 12.6 Å². The van der Waals surface area contributed by atoms with Gasteiger partial charge >= 0.3 is 0 Å². The number of rotatable bonds is 10. The fraction of sp³-hybridized carbons (Fsp3) is 0.132. The zero-order valence-electron chi connectivity index (χ0n) is 24.3. The number of carbonyl (C=O) groups excluding carboxylic acids is 3. The monoisotopic (exact) mass is 613 g/mol. The van der Waals surface area contributed by atoms with Gasteiger partial charge in [0, 0.05) is 34.9 Å². The number of benzene rings is 5. The Kier molecular flexibility index (Phi) is 9.51. The van der Waals surface area contributed by atoms with Crippen LogP contribution in [0.25, 0.3) is 0 Å². The molecule has 1 heterocycles. The summed E-state index contributed by atoms with van der Waals surface area (Å²) in [4.78, 5) is 39.7. The van der Waals surface area contributed by atoms with Crippen LogP contribution < -0.4 is 21.2 Å². The molecule has 218 valence electrons. The first-order valence-electron chi connectivity index (χ1n) is 14.8. The van der Waals surface area contributed by atoms with E-state index in [1.54, 1.807) is 18.2 Å². The van der Waals surface area contributed by atoms with Crippen molar-refractivity contribution < 1.29 is 14.4 Å². The minimum atomic E-state index is -0.739. The van der Waals surface area contributed by atoms with E-state index in [2.05, 4.69) is 114 Å². The summed E-state index contributed by atoms with van der Waals surface area (Å²) in [7, 11) is -1.47. The molecule has 1 aliphatic rings.